The third-order valence-electron chi connectivity index (χ3n) is 4.48. The molecule has 0 spiro atoms. The lowest BCUT2D eigenvalue weighted by Gasteiger charge is -2.39. The molecular formula is C17H18N4O2. The second kappa shape index (κ2) is 5.31. The number of piperidine rings is 1. The van der Waals surface area contributed by atoms with E-state index in [0.717, 1.165) is 11.4 Å². The summed E-state index contributed by atoms with van der Waals surface area (Å²) in [5.41, 5.74) is 1.40. The van der Waals surface area contributed by atoms with Crippen LogP contribution in [0.15, 0.2) is 41.1 Å². The van der Waals surface area contributed by atoms with Gasteiger partial charge in [0.2, 0.25) is 0 Å². The molecule has 6 nitrogen and oxygen atoms in total. The van der Waals surface area contributed by atoms with E-state index < -0.39 is 5.60 Å². The molecule has 4 rings (SSSR count). The number of aryl methyl sites for hydroxylation is 1. The molecule has 0 aliphatic carbocycles. The van der Waals surface area contributed by atoms with Crippen molar-refractivity contribution in [1.82, 2.24) is 15.0 Å². The molecule has 3 heterocycles. The molecule has 1 fully saturated rings. The lowest BCUT2D eigenvalue weighted by molar-refractivity contribution is 0.0117. The minimum Gasteiger partial charge on any atom is -0.422 e. The number of oxazole rings is 1. The van der Waals surface area contributed by atoms with Crippen molar-refractivity contribution in [2.75, 3.05) is 18.0 Å². The monoisotopic (exact) mass is 310 g/mol. The molecule has 1 aliphatic rings. The molecule has 0 saturated carbocycles. The summed E-state index contributed by atoms with van der Waals surface area (Å²) in [5, 5.41) is 10.9. The van der Waals surface area contributed by atoms with Crippen LogP contribution in [0.5, 0.6) is 0 Å². The number of anilines is 1. The largest absolute Gasteiger partial charge is 0.422 e. The summed E-state index contributed by atoms with van der Waals surface area (Å²) in [5.74, 6) is 1.36. The van der Waals surface area contributed by atoms with E-state index in [9.17, 15) is 5.11 Å². The number of hydrogen-bond acceptors (Lipinski definition) is 6. The molecule has 118 valence electrons. The molecule has 3 aromatic rings. The van der Waals surface area contributed by atoms with Gasteiger partial charge in [0, 0.05) is 20.0 Å². The van der Waals surface area contributed by atoms with Gasteiger partial charge in [0.1, 0.15) is 6.33 Å². The first-order valence-corrected chi connectivity index (χ1v) is 7.77. The predicted molar refractivity (Wildman–Crippen MR) is 86.1 cm³/mol. The van der Waals surface area contributed by atoms with E-state index in [1.165, 1.54) is 6.33 Å². The van der Waals surface area contributed by atoms with Gasteiger partial charge in [-0.15, -0.1) is 0 Å². The number of fused-ring (bicyclic) bond motifs is 1. The first-order valence-electron chi connectivity index (χ1n) is 7.77. The van der Waals surface area contributed by atoms with Crippen LogP contribution in [0.1, 0.15) is 24.3 Å². The van der Waals surface area contributed by atoms with Crippen LogP contribution in [0, 0.1) is 6.92 Å². The number of aromatic nitrogens is 3. The van der Waals surface area contributed by atoms with Crippen LogP contribution >= 0.6 is 0 Å². The van der Waals surface area contributed by atoms with E-state index in [1.54, 1.807) is 6.92 Å². The van der Waals surface area contributed by atoms with Crippen LogP contribution in [0.25, 0.3) is 11.2 Å². The first kappa shape index (κ1) is 14.1. The van der Waals surface area contributed by atoms with Gasteiger partial charge >= 0.3 is 0 Å². The summed E-state index contributed by atoms with van der Waals surface area (Å²) in [4.78, 5) is 15.0. The van der Waals surface area contributed by atoms with Crippen molar-refractivity contribution in [3.8, 4) is 0 Å². The van der Waals surface area contributed by atoms with Crippen molar-refractivity contribution < 1.29 is 9.52 Å². The zero-order valence-corrected chi connectivity index (χ0v) is 12.9. The van der Waals surface area contributed by atoms with Crippen LogP contribution in [-0.4, -0.2) is 33.1 Å². The van der Waals surface area contributed by atoms with Gasteiger partial charge in [-0.25, -0.2) is 9.97 Å². The van der Waals surface area contributed by atoms with Gasteiger partial charge in [-0.05, 0) is 18.4 Å². The number of benzene rings is 1. The zero-order chi connectivity index (χ0) is 15.9. The Morgan fingerprint density at radius 3 is 2.61 bits per heavy atom. The summed E-state index contributed by atoms with van der Waals surface area (Å²) in [6, 6.07) is 9.86. The number of nitrogens with zero attached hydrogens (tertiary/aromatic N) is 4. The Morgan fingerprint density at radius 2 is 1.87 bits per heavy atom. The van der Waals surface area contributed by atoms with Crippen molar-refractivity contribution in [2.24, 2.45) is 0 Å². The van der Waals surface area contributed by atoms with E-state index in [1.807, 2.05) is 30.3 Å². The van der Waals surface area contributed by atoms with Crippen molar-refractivity contribution in [1.29, 1.82) is 0 Å². The normalized spacial score (nSPS) is 17.6. The number of aliphatic hydroxyl groups is 1. The Labute approximate surface area is 133 Å². The molecule has 23 heavy (non-hydrogen) atoms. The van der Waals surface area contributed by atoms with Crippen LogP contribution in [-0.2, 0) is 5.60 Å². The lowest BCUT2D eigenvalue weighted by atomic mass is 9.84. The summed E-state index contributed by atoms with van der Waals surface area (Å²) in [7, 11) is 0. The second-order valence-electron chi connectivity index (χ2n) is 5.97. The van der Waals surface area contributed by atoms with Crippen molar-refractivity contribution in [3.63, 3.8) is 0 Å². The summed E-state index contributed by atoms with van der Waals surface area (Å²) in [6.07, 6.45) is 2.80. The molecule has 1 aromatic carbocycles. The van der Waals surface area contributed by atoms with E-state index in [2.05, 4.69) is 19.9 Å². The third-order valence-corrected chi connectivity index (χ3v) is 4.48. The van der Waals surface area contributed by atoms with E-state index >= 15 is 0 Å². The minimum absolute atomic E-state index is 0.511. The maximum Gasteiger partial charge on any atom is 0.252 e. The molecule has 2 aromatic heterocycles. The molecule has 0 radical (unpaired) electrons. The van der Waals surface area contributed by atoms with Gasteiger partial charge < -0.3 is 14.4 Å². The average molecular weight is 310 g/mol. The molecule has 0 bridgehead atoms. The third kappa shape index (κ3) is 2.45. The first-order chi connectivity index (χ1) is 11.2. The van der Waals surface area contributed by atoms with Gasteiger partial charge in [-0.2, -0.15) is 4.98 Å². The Balaban J connectivity index is 1.60. The molecule has 0 amide bonds. The van der Waals surface area contributed by atoms with Gasteiger partial charge in [0.05, 0.1) is 5.60 Å². The van der Waals surface area contributed by atoms with Crippen molar-refractivity contribution in [2.45, 2.75) is 25.4 Å². The molecule has 0 unspecified atom stereocenters. The van der Waals surface area contributed by atoms with Crippen LogP contribution in [0.4, 0.5) is 5.82 Å². The highest BCUT2D eigenvalue weighted by atomic mass is 16.4. The summed E-state index contributed by atoms with van der Waals surface area (Å²) < 4.78 is 5.47. The SMILES string of the molecule is Cc1nc2c(N3CCC(O)(c4ccccc4)CC3)ncnc2o1. The van der Waals surface area contributed by atoms with Gasteiger partial charge in [0.15, 0.2) is 17.2 Å². The number of rotatable bonds is 2. The Kier molecular flexibility index (Phi) is 3.27. The van der Waals surface area contributed by atoms with E-state index in [0.29, 0.717) is 43.1 Å². The van der Waals surface area contributed by atoms with E-state index in [4.69, 9.17) is 4.42 Å². The highest BCUT2D eigenvalue weighted by Crippen LogP contribution is 2.35. The summed E-state index contributed by atoms with van der Waals surface area (Å²) in [6.45, 7) is 3.22. The lowest BCUT2D eigenvalue weighted by Crippen LogP contribution is -2.43. The molecular weight excluding hydrogens is 292 g/mol. The van der Waals surface area contributed by atoms with E-state index in [-0.39, 0.29) is 0 Å². The maximum atomic E-state index is 10.9. The second-order valence-corrected chi connectivity index (χ2v) is 5.97. The molecule has 1 aliphatic heterocycles. The Morgan fingerprint density at radius 1 is 1.13 bits per heavy atom. The van der Waals surface area contributed by atoms with Crippen molar-refractivity contribution in [3.05, 3.63) is 48.1 Å². The average Bonchev–Trinajstić information content (AvgIpc) is 2.97. The van der Waals surface area contributed by atoms with Crippen LogP contribution < -0.4 is 4.90 Å². The van der Waals surface area contributed by atoms with Gasteiger partial charge in [-0.1, -0.05) is 30.3 Å². The quantitative estimate of drug-likeness (QED) is 0.783. The maximum absolute atomic E-state index is 10.9. The molecule has 0 atom stereocenters. The van der Waals surface area contributed by atoms with Gasteiger partial charge in [-0.3, -0.25) is 0 Å². The number of hydrogen-bond donors (Lipinski definition) is 1. The topological polar surface area (TPSA) is 75.3 Å². The molecule has 1 N–H and O–H groups in total. The summed E-state index contributed by atoms with van der Waals surface area (Å²) >= 11 is 0. The highest BCUT2D eigenvalue weighted by molar-refractivity contribution is 5.81. The van der Waals surface area contributed by atoms with Crippen LogP contribution in [0.3, 0.4) is 0 Å². The molecule has 1 saturated heterocycles. The fourth-order valence-corrected chi connectivity index (χ4v) is 3.20. The Bertz CT molecular complexity index is 823. The smallest absolute Gasteiger partial charge is 0.252 e. The van der Waals surface area contributed by atoms with Gasteiger partial charge in [0.25, 0.3) is 5.71 Å². The highest BCUT2D eigenvalue weighted by Gasteiger charge is 2.35. The fraction of sp³-hybridized carbons (Fsp3) is 0.353. The van der Waals surface area contributed by atoms with Crippen LogP contribution in [0.2, 0.25) is 0 Å². The standard InChI is InChI=1S/C17H18N4O2/c1-12-20-14-15(18-11-19-16(14)23-12)21-9-7-17(22,8-10-21)13-5-3-2-4-6-13/h2-6,11,22H,7-10H2,1H3. The Hall–Kier alpha value is -2.47. The predicted octanol–water partition coefficient (Wildman–Crippen LogP) is 2.41. The van der Waals surface area contributed by atoms with Crippen molar-refractivity contribution >= 4 is 17.0 Å². The zero-order valence-electron chi connectivity index (χ0n) is 12.9. The fourth-order valence-electron chi connectivity index (χ4n) is 3.20. The minimum atomic E-state index is -0.774. The molecule has 6 heteroatoms.